The van der Waals surface area contributed by atoms with Gasteiger partial charge in [-0.1, -0.05) is 55.5 Å². The first kappa shape index (κ1) is 14.8. The van der Waals surface area contributed by atoms with Crippen molar-refractivity contribution in [2.45, 2.75) is 39.9 Å². The summed E-state index contributed by atoms with van der Waals surface area (Å²) in [7, 11) is 0. The van der Waals surface area contributed by atoms with Crippen LogP contribution in [0.15, 0.2) is 48.5 Å². The van der Waals surface area contributed by atoms with E-state index in [1.54, 1.807) is 0 Å². The minimum Gasteiger partial charge on any atom is -0.371 e. The van der Waals surface area contributed by atoms with E-state index in [2.05, 4.69) is 82.6 Å². The lowest BCUT2D eigenvalue weighted by molar-refractivity contribution is -0.0147. The standard InChI is InChI=1S/C19H23O/c1-5-15-10-12-16(13-11-15)18-9-7-6-8-17(18)14-20-19(2,3)4/h5-13H,14H2,1-4H3. The summed E-state index contributed by atoms with van der Waals surface area (Å²) in [4.78, 5) is 0. The van der Waals surface area contributed by atoms with E-state index in [1.807, 2.05) is 0 Å². The second-order valence-corrected chi connectivity index (χ2v) is 5.97. The summed E-state index contributed by atoms with van der Waals surface area (Å²) in [6, 6.07) is 17.1. The summed E-state index contributed by atoms with van der Waals surface area (Å²) in [5.74, 6) is 0. The number of hydrogen-bond donors (Lipinski definition) is 0. The van der Waals surface area contributed by atoms with Gasteiger partial charge in [-0.05, 0) is 49.4 Å². The Morgan fingerprint density at radius 1 is 0.950 bits per heavy atom. The Bertz CT molecular complexity index is 547. The van der Waals surface area contributed by atoms with E-state index in [-0.39, 0.29) is 5.60 Å². The third-order valence-electron chi connectivity index (χ3n) is 3.23. The zero-order valence-electron chi connectivity index (χ0n) is 12.8. The van der Waals surface area contributed by atoms with Crippen LogP contribution in [0.25, 0.3) is 11.1 Å². The fourth-order valence-corrected chi connectivity index (χ4v) is 2.08. The molecule has 0 aliphatic rings. The molecule has 0 N–H and O–H groups in total. The quantitative estimate of drug-likeness (QED) is 0.736. The van der Waals surface area contributed by atoms with Crippen LogP contribution in [-0.2, 0) is 11.3 Å². The summed E-state index contributed by atoms with van der Waals surface area (Å²) >= 11 is 0. The molecule has 1 radical (unpaired) electrons. The van der Waals surface area contributed by atoms with Crippen molar-refractivity contribution < 1.29 is 4.74 Å². The molecule has 0 heterocycles. The first-order valence-electron chi connectivity index (χ1n) is 7.11. The first-order valence-corrected chi connectivity index (χ1v) is 7.11. The molecule has 0 aliphatic carbocycles. The number of ether oxygens (including phenoxy) is 1. The summed E-state index contributed by atoms with van der Waals surface area (Å²) in [6.07, 6.45) is 2.11. The van der Waals surface area contributed by atoms with Crippen molar-refractivity contribution >= 4 is 0 Å². The van der Waals surface area contributed by atoms with Crippen LogP contribution in [0.4, 0.5) is 0 Å². The predicted octanol–water partition coefficient (Wildman–Crippen LogP) is 5.24. The molecule has 0 amide bonds. The molecule has 0 bridgehead atoms. The van der Waals surface area contributed by atoms with Crippen LogP contribution in [-0.4, -0.2) is 5.60 Å². The molecule has 0 saturated heterocycles. The minimum absolute atomic E-state index is 0.117. The molecule has 0 aliphatic heterocycles. The Hall–Kier alpha value is -1.60. The maximum atomic E-state index is 5.92. The Morgan fingerprint density at radius 3 is 2.20 bits per heavy atom. The highest BCUT2D eigenvalue weighted by molar-refractivity contribution is 5.67. The molecule has 1 heteroatoms. The van der Waals surface area contributed by atoms with Crippen molar-refractivity contribution in [3.05, 3.63) is 66.1 Å². The van der Waals surface area contributed by atoms with E-state index in [4.69, 9.17) is 4.74 Å². The van der Waals surface area contributed by atoms with E-state index in [0.717, 1.165) is 0 Å². The Labute approximate surface area is 122 Å². The normalized spacial score (nSPS) is 11.6. The molecule has 105 valence electrons. The van der Waals surface area contributed by atoms with Gasteiger partial charge in [-0.15, -0.1) is 0 Å². The van der Waals surface area contributed by atoms with Gasteiger partial charge in [0.05, 0.1) is 12.2 Å². The molecule has 0 fully saturated rings. The van der Waals surface area contributed by atoms with Crippen LogP contribution >= 0.6 is 0 Å². The molecule has 0 spiro atoms. The third-order valence-corrected chi connectivity index (χ3v) is 3.23. The first-order chi connectivity index (χ1) is 9.49. The maximum Gasteiger partial charge on any atom is 0.0730 e. The maximum absolute atomic E-state index is 5.92. The van der Waals surface area contributed by atoms with Crippen LogP contribution in [0.5, 0.6) is 0 Å². The average Bonchev–Trinajstić information content (AvgIpc) is 2.45. The highest BCUT2D eigenvalue weighted by Gasteiger charge is 2.12. The second kappa shape index (κ2) is 6.23. The van der Waals surface area contributed by atoms with Gasteiger partial charge in [-0.3, -0.25) is 0 Å². The van der Waals surface area contributed by atoms with Gasteiger partial charge in [0, 0.05) is 0 Å². The smallest absolute Gasteiger partial charge is 0.0730 e. The molecule has 0 aromatic heterocycles. The van der Waals surface area contributed by atoms with Crippen LogP contribution in [0.3, 0.4) is 0 Å². The largest absolute Gasteiger partial charge is 0.371 e. The van der Waals surface area contributed by atoms with Crippen molar-refractivity contribution in [2.75, 3.05) is 0 Å². The zero-order chi connectivity index (χ0) is 14.6. The topological polar surface area (TPSA) is 9.23 Å². The SMILES string of the molecule is C[CH]c1ccc(-c2ccccc2COC(C)(C)C)cc1. The highest BCUT2D eigenvalue weighted by Crippen LogP contribution is 2.26. The van der Waals surface area contributed by atoms with E-state index >= 15 is 0 Å². The van der Waals surface area contributed by atoms with E-state index in [0.29, 0.717) is 6.61 Å². The third kappa shape index (κ3) is 3.94. The van der Waals surface area contributed by atoms with Crippen molar-refractivity contribution in [3.63, 3.8) is 0 Å². The van der Waals surface area contributed by atoms with Gasteiger partial charge in [0.25, 0.3) is 0 Å². The number of hydrogen-bond acceptors (Lipinski definition) is 1. The van der Waals surface area contributed by atoms with Crippen molar-refractivity contribution in [1.82, 2.24) is 0 Å². The predicted molar refractivity (Wildman–Crippen MR) is 85.5 cm³/mol. The lowest BCUT2D eigenvalue weighted by Crippen LogP contribution is -2.18. The number of rotatable bonds is 4. The van der Waals surface area contributed by atoms with Crippen LogP contribution in [0, 0.1) is 6.42 Å². The lowest BCUT2D eigenvalue weighted by atomic mass is 9.98. The van der Waals surface area contributed by atoms with Crippen LogP contribution < -0.4 is 0 Å². The molecule has 0 atom stereocenters. The summed E-state index contributed by atoms with van der Waals surface area (Å²) in [5.41, 5.74) is 4.85. The fourth-order valence-electron chi connectivity index (χ4n) is 2.08. The molecule has 2 rings (SSSR count). The summed E-state index contributed by atoms with van der Waals surface area (Å²) in [5, 5.41) is 0. The zero-order valence-corrected chi connectivity index (χ0v) is 12.8. The molecular formula is C19H23O. The monoisotopic (exact) mass is 267 g/mol. The molecule has 0 unspecified atom stereocenters. The lowest BCUT2D eigenvalue weighted by Gasteiger charge is -2.21. The highest BCUT2D eigenvalue weighted by atomic mass is 16.5. The molecule has 0 saturated carbocycles. The Balaban J connectivity index is 2.26. The Morgan fingerprint density at radius 2 is 1.60 bits per heavy atom. The van der Waals surface area contributed by atoms with Gasteiger partial charge < -0.3 is 4.74 Å². The average molecular weight is 267 g/mol. The summed E-state index contributed by atoms with van der Waals surface area (Å²) in [6.45, 7) is 8.95. The van der Waals surface area contributed by atoms with E-state index in [9.17, 15) is 0 Å². The van der Waals surface area contributed by atoms with Crippen molar-refractivity contribution in [1.29, 1.82) is 0 Å². The van der Waals surface area contributed by atoms with Gasteiger partial charge in [-0.2, -0.15) is 0 Å². The van der Waals surface area contributed by atoms with Crippen LogP contribution in [0.1, 0.15) is 38.8 Å². The fraction of sp³-hybridized carbons (Fsp3) is 0.316. The molecule has 2 aromatic carbocycles. The van der Waals surface area contributed by atoms with Gasteiger partial charge in [0.1, 0.15) is 0 Å². The molecule has 2 aromatic rings. The molecule has 1 nitrogen and oxygen atoms in total. The van der Waals surface area contributed by atoms with Crippen molar-refractivity contribution in [3.8, 4) is 11.1 Å². The van der Waals surface area contributed by atoms with E-state index < -0.39 is 0 Å². The molecule has 20 heavy (non-hydrogen) atoms. The van der Waals surface area contributed by atoms with Gasteiger partial charge in [0.2, 0.25) is 0 Å². The van der Waals surface area contributed by atoms with E-state index in [1.165, 1.54) is 22.3 Å². The minimum atomic E-state index is -0.117. The second-order valence-electron chi connectivity index (χ2n) is 5.97. The molecular weight excluding hydrogens is 244 g/mol. The summed E-state index contributed by atoms with van der Waals surface area (Å²) < 4.78 is 5.92. The number of benzene rings is 2. The van der Waals surface area contributed by atoms with Gasteiger partial charge in [0.15, 0.2) is 0 Å². The van der Waals surface area contributed by atoms with Crippen molar-refractivity contribution in [2.24, 2.45) is 0 Å². The van der Waals surface area contributed by atoms with Crippen LogP contribution in [0.2, 0.25) is 0 Å². The van der Waals surface area contributed by atoms with Gasteiger partial charge >= 0.3 is 0 Å². The van der Waals surface area contributed by atoms with Gasteiger partial charge in [-0.25, -0.2) is 0 Å². The Kier molecular flexibility index (Phi) is 4.61.